The van der Waals surface area contributed by atoms with Gasteiger partial charge in [-0.05, 0) is 55.9 Å². The molecule has 0 atom stereocenters. The molecule has 2 heterocycles. The Morgan fingerprint density at radius 2 is 1.97 bits per heavy atom. The topological polar surface area (TPSA) is 90.3 Å². The number of thiophene rings is 1. The quantitative estimate of drug-likeness (QED) is 0.658. The van der Waals surface area contributed by atoms with E-state index in [4.69, 9.17) is 0 Å². The minimum Gasteiger partial charge on any atom is -0.317 e. The average Bonchev–Trinajstić information content (AvgIpc) is 3.17. The van der Waals surface area contributed by atoms with Crippen LogP contribution >= 0.6 is 27.3 Å². The second kappa shape index (κ2) is 8.09. The van der Waals surface area contributed by atoms with Crippen LogP contribution < -0.4 is 5.32 Å². The number of hydrogen-bond acceptors (Lipinski definition) is 5. The Hall–Kier alpha value is -2.50. The number of carbonyl (C=O) groups is 3. The van der Waals surface area contributed by atoms with Gasteiger partial charge in [0.05, 0.1) is 16.7 Å². The van der Waals surface area contributed by atoms with Gasteiger partial charge < -0.3 is 5.32 Å². The third-order valence-electron chi connectivity index (χ3n) is 5.25. The van der Waals surface area contributed by atoms with E-state index in [0.29, 0.717) is 28.1 Å². The zero-order valence-electron chi connectivity index (χ0n) is 15.6. The number of amides is 3. The van der Waals surface area contributed by atoms with Gasteiger partial charge in [0, 0.05) is 22.3 Å². The molecule has 1 aliphatic heterocycles. The van der Waals surface area contributed by atoms with Gasteiger partial charge in [-0.25, -0.2) is 0 Å². The molecule has 1 N–H and O–H groups in total. The monoisotopic (exact) mass is 471 g/mol. The van der Waals surface area contributed by atoms with Crippen molar-refractivity contribution in [2.75, 3.05) is 11.9 Å². The molecule has 0 saturated heterocycles. The van der Waals surface area contributed by atoms with Crippen LogP contribution in [0.3, 0.4) is 0 Å². The summed E-state index contributed by atoms with van der Waals surface area (Å²) in [7, 11) is 0. The Kier molecular flexibility index (Phi) is 5.52. The number of nitriles is 1. The van der Waals surface area contributed by atoms with E-state index in [2.05, 4.69) is 27.3 Å². The van der Waals surface area contributed by atoms with Gasteiger partial charge in [0.1, 0.15) is 11.1 Å². The minimum atomic E-state index is -0.329. The van der Waals surface area contributed by atoms with Crippen molar-refractivity contribution in [1.29, 1.82) is 5.26 Å². The predicted molar refractivity (Wildman–Crippen MR) is 113 cm³/mol. The van der Waals surface area contributed by atoms with E-state index in [-0.39, 0.29) is 30.7 Å². The Morgan fingerprint density at radius 1 is 1.21 bits per heavy atom. The highest BCUT2D eigenvalue weighted by Crippen LogP contribution is 2.37. The molecule has 29 heavy (non-hydrogen) atoms. The lowest BCUT2D eigenvalue weighted by Gasteiger charge is -2.13. The first-order chi connectivity index (χ1) is 14.0. The van der Waals surface area contributed by atoms with E-state index >= 15 is 0 Å². The molecule has 1 aromatic heterocycles. The molecule has 6 nitrogen and oxygen atoms in total. The van der Waals surface area contributed by atoms with Crippen molar-refractivity contribution in [3.63, 3.8) is 0 Å². The van der Waals surface area contributed by atoms with Gasteiger partial charge in [-0.2, -0.15) is 5.26 Å². The largest absolute Gasteiger partial charge is 0.317 e. The molecule has 0 bridgehead atoms. The van der Waals surface area contributed by atoms with Crippen LogP contribution in [-0.4, -0.2) is 29.2 Å². The number of hydrogen-bond donors (Lipinski definition) is 1. The molecule has 0 spiro atoms. The summed E-state index contributed by atoms with van der Waals surface area (Å²) in [6.45, 7) is 0.184. The molecule has 3 amide bonds. The number of aryl methyl sites for hydroxylation is 1. The highest BCUT2D eigenvalue weighted by molar-refractivity contribution is 9.10. The number of halogens is 1. The van der Waals surface area contributed by atoms with E-state index in [0.717, 1.165) is 35.7 Å². The summed E-state index contributed by atoms with van der Waals surface area (Å²) in [5, 5.41) is 13.0. The predicted octanol–water partition coefficient (Wildman–Crippen LogP) is 4.28. The Balaban J connectivity index is 1.36. The first kappa shape index (κ1) is 19.8. The van der Waals surface area contributed by atoms with Crippen molar-refractivity contribution >= 4 is 50.0 Å². The molecule has 0 unspecified atom stereocenters. The molecule has 1 aromatic carbocycles. The molecular weight excluding hydrogens is 454 g/mol. The van der Waals surface area contributed by atoms with Crippen LogP contribution in [0.2, 0.25) is 0 Å². The van der Waals surface area contributed by atoms with Gasteiger partial charge in [0.25, 0.3) is 11.8 Å². The summed E-state index contributed by atoms with van der Waals surface area (Å²) >= 11 is 4.80. The van der Waals surface area contributed by atoms with Crippen LogP contribution in [0.1, 0.15) is 62.4 Å². The van der Waals surface area contributed by atoms with Gasteiger partial charge >= 0.3 is 0 Å². The summed E-state index contributed by atoms with van der Waals surface area (Å²) in [6.07, 6.45) is 4.57. The van der Waals surface area contributed by atoms with Gasteiger partial charge in [-0.15, -0.1) is 11.3 Å². The van der Waals surface area contributed by atoms with E-state index < -0.39 is 0 Å². The van der Waals surface area contributed by atoms with E-state index in [1.54, 1.807) is 18.2 Å². The Bertz CT molecular complexity index is 1070. The molecule has 2 aliphatic rings. The SMILES string of the molecule is N#Cc1c(NC(=O)CCCN2C(=O)c3ccc(Br)cc3C2=O)sc2c1CCCC2. The van der Waals surface area contributed by atoms with Crippen molar-refractivity contribution in [3.05, 3.63) is 49.8 Å². The van der Waals surface area contributed by atoms with Crippen LogP contribution in [0.25, 0.3) is 0 Å². The lowest BCUT2D eigenvalue weighted by molar-refractivity contribution is -0.116. The van der Waals surface area contributed by atoms with Crippen molar-refractivity contribution < 1.29 is 14.4 Å². The second-order valence-electron chi connectivity index (χ2n) is 7.13. The minimum absolute atomic E-state index is 0.171. The number of nitrogens with zero attached hydrogens (tertiary/aromatic N) is 2. The average molecular weight is 472 g/mol. The Labute approximate surface area is 180 Å². The number of fused-ring (bicyclic) bond motifs is 2. The van der Waals surface area contributed by atoms with Crippen LogP contribution in [0.5, 0.6) is 0 Å². The Morgan fingerprint density at radius 3 is 2.76 bits per heavy atom. The van der Waals surface area contributed by atoms with Crippen LogP contribution in [-0.2, 0) is 17.6 Å². The van der Waals surface area contributed by atoms with Gasteiger partial charge in [0.2, 0.25) is 5.91 Å². The number of benzene rings is 1. The first-order valence-electron chi connectivity index (χ1n) is 9.50. The lowest BCUT2D eigenvalue weighted by Crippen LogP contribution is -2.31. The molecule has 2 aromatic rings. The van der Waals surface area contributed by atoms with Crippen LogP contribution in [0, 0.1) is 11.3 Å². The third-order valence-corrected chi connectivity index (χ3v) is 6.95. The van der Waals surface area contributed by atoms with Gasteiger partial charge in [0.15, 0.2) is 0 Å². The standard InChI is InChI=1S/C21H18BrN3O3S/c22-12-7-8-14-15(10-12)21(28)25(20(14)27)9-3-6-18(26)24-19-16(11-23)13-4-1-2-5-17(13)29-19/h7-8,10H,1-6,9H2,(H,24,26). The molecule has 148 valence electrons. The fourth-order valence-electron chi connectivity index (χ4n) is 3.83. The fourth-order valence-corrected chi connectivity index (χ4v) is 5.44. The smallest absolute Gasteiger partial charge is 0.261 e. The third kappa shape index (κ3) is 3.72. The summed E-state index contributed by atoms with van der Waals surface area (Å²) < 4.78 is 0.741. The summed E-state index contributed by atoms with van der Waals surface area (Å²) in [5.74, 6) is -0.862. The number of carbonyl (C=O) groups excluding carboxylic acids is 3. The molecular formula is C21H18BrN3O3S. The molecule has 4 rings (SSSR count). The number of rotatable bonds is 5. The molecule has 0 saturated carbocycles. The summed E-state index contributed by atoms with van der Waals surface area (Å²) in [5.41, 5.74) is 2.45. The normalized spacial score (nSPS) is 15.1. The zero-order chi connectivity index (χ0) is 20.5. The van der Waals surface area contributed by atoms with Crippen molar-refractivity contribution in [3.8, 4) is 6.07 Å². The maximum absolute atomic E-state index is 12.5. The zero-order valence-corrected chi connectivity index (χ0v) is 18.0. The van der Waals surface area contributed by atoms with Crippen molar-refractivity contribution in [2.45, 2.75) is 38.5 Å². The molecule has 0 fully saturated rings. The highest BCUT2D eigenvalue weighted by Gasteiger charge is 2.35. The summed E-state index contributed by atoms with van der Waals surface area (Å²) in [6, 6.07) is 7.24. The number of imide groups is 1. The fraction of sp³-hybridized carbons (Fsp3) is 0.333. The van der Waals surface area contributed by atoms with Crippen LogP contribution in [0.15, 0.2) is 22.7 Å². The van der Waals surface area contributed by atoms with Crippen molar-refractivity contribution in [1.82, 2.24) is 4.90 Å². The van der Waals surface area contributed by atoms with E-state index in [9.17, 15) is 19.6 Å². The van der Waals surface area contributed by atoms with Gasteiger partial charge in [-0.3, -0.25) is 19.3 Å². The second-order valence-corrected chi connectivity index (χ2v) is 9.15. The maximum atomic E-state index is 12.5. The first-order valence-corrected chi connectivity index (χ1v) is 11.1. The molecule has 1 aliphatic carbocycles. The van der Waals surface area contributed by atoms with Crippen LogP contribution in [0.4, 0.5) is 5.00 Å². The molecule has 0 radical (unpaired) electrons. The maximum Gasteiger partial charge on any atom is 0.261 e. The number of nitrogens with one attached hydrogen (secondary N) is 1. The van der Waals surface area contributed by atoms with Crippen molar-refractivity contribution in [2.24, 2.45) is 0 Å². The van der Waals surface area contributed by atoms with E-state index in [1.165, 1.54) is 21.1 Å². The van der Waals surface area contributed by atoms with E-state index in [1.807, 2.05) is 0 Å². The number of anilines is 1. The highest BCUT2D eigenvalue weighted by atomic mass is 79.9. The molecule has 8 heteroatoms. The summed E-state index contributed by atoms with van der Waals surface area (Å²) in [4.78, 5) is 39.7. The lowest BCUT2D eigenvalue weighted by atomic mass is 9.96. The van der Waals surface area contributed by atoms with Gasteiger partial charge in [-0.1, -0.05) is 15.9 Å².